The van der Waals surface area contributed by atoms with E-state index in [1.54, 1.807) is 13.4 Å². The van der Waals surface area contributed by atoms with Gasteiger partial charge in [0.2, 0.25) is 0 Å². The highest BCUT2D eigenvalue weighted by molar-refractivity contribution is 5.36. The molecule has 0 saturated heterocycles. The van der Waals surface area contributed by atoms with E-state index in [0.29, 0.717) is 5.56 Å². The van der Waals surface area contributed by atoms with Crippen LogP contribution in [-0.2, 0) is 11.3 Å². The lowest BCUT2D eigenvalue weighted by molar-refractivity contribution is 0.274. The van der Waals surface area contributed by atoms with E-state index in [1.807, 2.05) is 36.4 Å². The van der Waals surface area contributed by atoms with Gasteiger partial charge in [-0.3, -0.25) is 0 Å². The van der Waals surface area contributed by atoms with E-state index >= 15 is 0 Å². The Morgan fingerprint density at radius 2 is 1.83 bits per heavy atom. The molecule has 0 bridgehead atoms. The minimum absolute atomic E-state index is 0.136. The van der Waals surface area contributed by atoms with Gasteiger partial charge >= 0.3 is 0 Å². The highest BCUT2D eigenvalue weighted by atomic mass is 19.1. The van der Waals surface area contributed by atoms with Crippen molar-refractivity contribution in [1.29, 1.82) is 0 Å². The summed E-state index contributed by atoms with van der Waals surface area (Å²) in [4.78, 5) is 0. The smallest absolute Gasteiger partial charge is 0.191 e. The van der Waals surface area contributed by atoms with Crippen LogP contribution in [0.25, 0.3) is 0 Å². The van der Waals surface area contributed by atoms with E-state index in [2.05, 4.69) is 0 Å². The van der Waals surface area contributed by atoms with Crippen molar-refractivity contribution in [2.75, 3.05) is 7.11 Å². The van der Waals surface area contributed by atoms with E-state index in [1.165, 1.54) is 12.1 Å². The van der Waals surface area contributed by atoms with Crippen molar-refractivity contribution < 1.29 is 18.3 Å². The molecule has 1 saturated carbocycles. The number of benzene rings is 2. The number of hydrogen-bond acceptors (Lipinski definition) is 2. The van der Waals surface area contributed by atoms with E-state index < -0.39 is 11.6 Å². The Balaban J connectivity index is 1.70. The molecular weight excluding hydrogens is 298 g/mol. The molecule has 3 rings (SSSR count). The Morgan fingerprint density at radius 3 is 2.48 bits per heavy atom. The molecule has 0 spiro atoms. The zero-order chi connectivity index (χ0) is 16.2. The first-order chi connectivity index (χ1) is 11.2. The van der Waals surface area contributed by atoms with E-state index in [4.69, 9.17) is 9.47 Å². The van der Waals surface area contributed by atoms with E-state index in [0.717, 1.165) is 12.0 Å². The van der Waals surface area contributed by atoms with Crippen LogP contribution in [-0.4, -0.2) is 7.11 Å². The second-order valence-corrected chi connectivity index (χ2v) is 5.66. The van der Waals surface area contributed by atoms with Crippen molar-refractivity contribution in [2.24, 2.45) is 5.92 Å². The van der Waals surface area contributed by atoms with Crippen LogP contribution in [0, 0.1) is 17.6 Å². The Hall–Kier alpha value is -2.36. The van der Waals surface area contributed by atoms with Crippen LogP contribution in [0.4, 0.5) is 8.78 Å². The van der Waals surface area contributed by atoms with Crippen LogP contribution in [0.5, 0.6) is 5.75 Å². The van der Waals surface area contributed by atoms with Crippen molar-refractivity contribution >= 4 is 0 Å². The molecule has 0 radical (unpaired) electrons. The summed E-state index contributed by atoms with van der Waals surface area (Å²) in [5.74, 6) is -1.20. The Morgan fingerprint density at radius 1 is 1.13 bits per heavy atom. The van der Waals surface area contributed by atoms with Crippen LogP contribution < -0.4 is 4.74 Å². The van der Waals surface area contributed by atoms with Gasteiger partial charge in [-0.05, 0) is 47.6 Å². The molecule has 0 aliphatic heterocycles. The Bertz CT molecular complexity index is 675. The summed E-state index contributed by atoms with van der Waals surface area (Å²) in [5, 5.41) is 0. The Kier molecular flexibility index (Phi) is 4.60. The normalized spacial score (nSPS) is 19.8. The maximum absolute atomic E-state index is 14.2. The second kappa shape index (κ2) is 6.82. The highest BCUT2D eigenvalue weighted by Gasteiger charge is 2.37. The van der Waals surface area contributed by atoms with Gasteiger partial charge < -0.3 is 9.47 Å². The molecule has 0 heterocycles. The monoisotopic (exact) mass is 316 g/mol. The van der Waals surface area contributed by atoms with Crippen molar-refractivity contribution in [1.82, 2.24) is 0 Å². The summed E-state index contributed by atoms with van der Waals surface area (Å²) in [6, 6.07) is 12.0. The summed E-state index contributed by atoms with van der Waals surface area (Å²) in [6.07, 6.45) is 4.40. The molecule has 120 valence electrons. The minimum atomic E-state index is -0.655. The number of hydrogen-bond donors (Lipinski definition) is 0. The number of methoxy groups -OCH3 is 1. The number of allylic oxidation sites excluding steroid dienone is 1. The van der Waals surface area contributed by atoms with Gasteiger partial charge in [0.1, 0.15) is 6.61 Å². The molecule has 2 atom stereocenters. The number of ether oxygens (including phenoxy) is 2. The van der Waals surface area contributed by atoms with Gasteiger partial charge in [0.05, 0.1) is 13.4 Å². The minimum Gasteiger partial charge on any atom is -0.505 e. The standard InChI is InChI=1S/C19H18F2O2/c1-22-8-7-14-9-16(14)15-10-17(20)19(18(21)11-15)23-12-13-5-3-2-4-6-13/h2-8,10-11,14,16H,9,12H2,1H3. The third-order valence-corrected chi connectivity index (χ3v) is 3.98. The van der Waals surface area contributed by atoms with E-state index in [9.17, 15) is 8.78 Å². The molecule has 23 heavy (non-hydrogen) atoms. The molecule has 2 aromatic carbocycles. The molecule has 0 amide bonds. The number of halogens is 2. The molecule has 2 aromatic rings. The average Bonchev–Trinajstić information content (AvgIpc) is 3.32. The fourth-order valence-corrected chi connectivity index (χ4v) is 2.65. The summed E-state index contributed by atoms with van der Waals surface area (Å²) in [7, 11) is 1.58. The van der Waals surface area contributed by atoms with Crippen LogP contribution >= 0.6 is 0 Å². The summed E-state index contributed by atoms with van der Waals surface area (Å²) in [5.41, 5.74) is 1.53. The topological polar surface area (TPSA) is 18.5 Å². The Labute approximate surface area is 134 Å². The van der Waals surface area contributed by atoms with Crippen molar-refractivity contribution in [3.05, 3.63) is 77.6 Å². The quantitative estimate of drug-likeness (QED) is 0.712. The SMILES string of the molecule is COC=CC1CC1c1cc(F)c(OCc2ccccc2)c(F)c1. The lowest BCUT2D eigenvalue weighted by Gasteiger charge is -2.10. The molecule has 2 unspecified atom stereocenters. The lowest BCUT2D eigenvalue weighted by Crippen LogP contribution is -2.01. The highest BCUT2D eigenvalue weighted by Crippen LogP contribution is 2.49. The van der Waals surface area contributed by atoms with Gasteiger partial charge in [-0.25, -0.2) is 8.78 Å². The van der Waals surface area contributed by atoms with Gasteiger partial charge in [-0.1, -0.05) is 30.3 Å². The van der Waals surface area contributed by atoms with Crippen LogP contribution in [0.2, 0.25) is 0 Å². The summed E-state index contributed by atoms with van der Waals surface area (Å²) in [6.45, 7) is 0.136. The zero-order valence-corrected chi connectivity index (χ0v) is 12.8. The maximum Gasteiger partial charge on any atom is 0.191 e. The fourth-order valence-electron chi connectivity index (χ4n) is 2.65. The van der Waals surface area contributed by atoms with Gasteiger partial charge in [0.15, 0.2) is 17.4 Å². The molecule has 4 heteroatoms. The van der Waals surface area contributed by atoms with Crippen molar-refractivity contribution in [3.63, 3.8) is 0 Å². The molecule has 2 nitrogen and oxygen atoms in total. The largest absolute Gasteiger partial charge is 0.505 e. The van der Waals surface area contributed by atoms with Crippen LogP contribution in [0.15, 0.2) is 54.8 Å². The van der Waals surface area contributed by atoms with Crippen LogP contribution in [0.1, 0.15) is 23.5 Å². The number of rotatable bonds is 6. The maximum atomic E-state index is 14.2. The molecule has 1 fully saturated rings. The van der Waals surface area contributed by atoms with Crippen molar-refractivity contribution in [3.8, 4) is 5.75 Å². The molecule has 0 aromatic heterocycles. The summed E-state index contributed by atoms with van der Waals surface area (Å²) < 4.78 is 38.5. The fraction of sp³-hybridized carbons (Fsp3) is 0.263. The third-order valence-electron chi connectivity index (χ3n) is 3.98. The molecule has 0 N–H and O–H groups in total. The zero-order valence-electron chi connectivity index (χ0n) is 12.8. The lowest BCUT2D eigenvalue weighted by atomic mass is 10.1. The van der Waals surface area contributed by atoms with Gasteiger partial charge in [0.25, 0.3) is 0 Å². The van der Waals surface area contributed by atoms with Gasteiger partial charge in [0, 0.05) is 0 Å². The predicted molar refractivity (Wildman–Crippen MR) is 84.1 cm³/mol. The third kappa shape index (κ3) is 3.70. The molecular formula is C19H18F2O2. The van der Waals surface area contributed by atoms with Crippen molar-refractivity contribution in [2.45, 2.75) is 18.9 Å². The predicted octanol–water partition coefficient (Wildman–Crippen LogP) is 4.81. The molecule has 1 aliphatic rings. The summed E-state index contributed by atoms with van der Waals surface area (Å²) >= 11 is 0. The average molecular weight is 316 g/mol. The first-order valence-corrected chi connectivity index (χ1v) is 7.54. The molecule has 1 aliphatic carbocycles. The second-order valence-electron chi connectivity index (χ2n) is 5.66. The van der Waals surface area contributed by atoms with Crippen LogP contribution in [0.3, 0.4) is 0 Å². The van der Waals surface area contributed by atoms with E-state index in [-0.39, 0.29) is 24.2 Å². The first kappa shape index (κ1) is 15.5. The first-order valence-electron chi connectivity index (χ1n) is 7.54. The van der Waals surface area contributed by atoms with Gasteiger partial charge in [-0.2, -0.15) is 0 Å². The van der Waals surface area contributed by atoms with Gasteiger partial charge in [-0.15, -0.1) is 0 Å².